The van der Waals surface area contributed by atoms with Gasteiger partial charge in [0.05, 0.1) is 0 Å². The molecule has 0 amide bonds. The number of carbonyl (C=O) groups is 1. The van der Waals surface area contributed by atoms with Crippen molar-refractivity contribution in [2.75, 3.05) is 0 Å². The molecule has 2 N–H and O–H groups in total. The maximum absolute atomic E-state index is 10.3. The molecule has 3 nitrogen and oxygen atoms in total. The monoisotopic (exact) mass is 160 g/mol. The van der Waals surface area contributed by atoms with Gasteiger partial charge in [-0.3, -0.25) is 0 Å². The van der Waals surface area contributed by atoms with Crippen LogP contribution in [0, 0.1) is 11.8 Å². The second-order valence-corrected chi connectivity index (χ2v) is 3.39. The first kappa shape index (κ1) is 10.4. The number of aliphatic carboxylic acids is 1. The van der Waals surface area contributed by atoms with E-state index in [-0.39, 0.29) is 5.92 Å². The summed E-state index contributed by atoms with van der Waals surface area (Å²) in [4.78, 5) is 10.3. The summed E-state index contributed by atoms with van der Waals surface area (Å²) in [6, 6.07) is 0. The lowest BCUT2D eigenvalue weighted by atomic mass is 9.94. The van der Waals surface area contributed by atoms with Gasteiger partial charge in [0.15, 0.2) is 6.10 Å². The van der Waals surface area contributed by atoms with E-state index in [4.69, 9.17) is 10.2 Å². The summed E-state index contributed by atoms with van der Waals surface area (Å²) in [5, 5.41) is 17.5. The molecule has 0 bridgehead atoms. The smallest absolute Gasteiger partial charge is 0.332 e. The number of aliphatic hydroxyl groups is 1. The highest BCUT2D eigenvalue weighted by atomic mass is 16.4. The Morgan fingerprint density at radius 2 is 1.82 bits per heavy atom. The molecule has 3 heteroatoms. The summed E-state index contributed by atoms with van der Waals surface area (Å²) in [6.45, 7) is 5.76. The molecule has 2 atom stereocenters. The van der Waals surface area contributed by atoms with Gasteiger partial charge in [0.25, 0.3) is 0 Å². The fourth-order valence-electron chi connectivity index (χ4n) is 1.12. The van der Waals surface area contributed by atoms with Gasteiger partial charge in [-0.15, -0.1) is 0 Å². The van der Waals surface area contributed by atoms with Crippen LogP contribution in [0.3, 0.4) is 0 Å². The van der Waals surface area contributed by atoms with Crippen molar-refractivity contribution < 1.29 is 15.0 Å². The number of carboxylic acid groups (broad SMARTS) is 1. The van der Waals surface area contributed by atoms with Crippen LogP contribution >= 0.6 is 0 Å². The van der Waals surface area contributed by atoms with E-state index >= 15 is 0 Å². The van der Waals surface area contributed by atoms with E-state index in [1.165, 1.54) is 0 Å². The Labute approximate surface area is 67.0 Å². The largest absolute Gasteiger partial charge is 0.479 e. The Bertz CT molecular complexity index is 131. The molecule has 0 rings (SSSR count). The van der Waals surface area contributed by atoms with E-state index in [1.807, 2.05) is 13.8 Å². The van der Waals surface area contributed by atoms with Crippen LogP contribution in [0.4, 0.5) is 0 Å². The zero-order valence-electron chi connectivity index (χ0n) is 7.24. The minimum atomic E-state index is -1.21. The highest BCUT2D eigenvalue weighted by molar-refractivity contribution is 5.72. The fraction of sp³-hybridized carbons (Fsp3) is 0.875. The van der Waals surface area contributed by atoms with Crippen molar-refractivity contribution in [1.82, 2.24) is 0 Å². The van der Waals surface area contributed by atoms with E-state index in [2.05, 4.69) is 0 Å². The Morgan fingerprint density at radius 1 is 1.36 bits per heavy atom. The first-order chi connectivity index (χ1) is 4.95. The summed E-state index contributed by atoms with van der Waals surface area (Å²) in [5.41, 5.74) is 0. The molecule has 0 aromatic carbocycles. The topological polar surface area (TPSA) is 57.5 Å². The van der Waals surface area contributed by atoms with Gasteiger partial charge in [-0.25, -0.2) is 4.79 Å². The summed E-state index contributed by atoms with van der Waals surface area (Å²) < 4.78 is 0. The molecular formula is C8H16O3. The summed E-state index contributed by atoms with van der Waals surface area (Å²) >= 11 is 0. The average molecular weight is 160 g/mol. The molecule has 0 aliphatic rings. The third-order valence-electron chi connectivity index (χ3n) is 1.64. The minimum Gasteiger partial charge on any atom is -0.479 e. The van der Waals surface area contributed by atoms with Crippen LogP contribution in [0.5, 0.6) is 0 Å². The van der Waals surface area contributed by atoms with E-state index in [9.17, 15) is 4.79 Å². The fourth-order valence-corrected chi connectivity index (χ4v) is 1.12. The molecule has 0 heterocycles. The molecule has 0 saturated heterocycles. The van der Waals surface area contributed by atoms with Crippen molar-refractivity contribution in [3.05, 3.63) is 0 Å². The number of aliphatic hydroxyl groups excluding tert-OH is 1. The highest BCUT2D eigenvalue weighted by Gasteiger charge is 2.21. The molecule has 0 saturated carbocycles. The van der Waals surface area contributed by atoms with Gasteiger partial charge in [-0.05, 0) is 18.3 Å². The zero-order chi connectivity index (χ0) is 9.02. The van der Waals surface area contributed by atoms with Gasteiger partial charge in [0.2, 0.25) is 0 Å². The zero-order valence-corrected chi connectivity index (χ0v) is 7.24. The second kappa shape index (κ2) is 4.34. The van der Waals surface area contributed by atoms with Gasteiger partial charge >= 0.3 is 5.97 Å². The predicted octanol–water partition coefficient (Wildman–Crippen LogP) is 1.11. The van der Waals surface area contributed by atoms with E-state index < -0.39 is 12.1 Å². The molecule has 11 heavy (non-hydrogen) atoms. The van der Waals surface area contributed by atoms with Crippen LogP contribution in [-0.4, -0.2) is 22.3 Å². The molecular weight excluding hydrogens is 144 g/mol. The molecule has 0 unspecified atom stereocenters. The molecule has 66 valence electrons. The Hall–Kier alpha value is -0.570. The molecule has 0 aromatic heterocycles. The number of rotatable bonds is 4. The lowest BCUT2D eigenvalue weighted by molar-refractivity contribution is -0.149. The van der Waals surface area contributed by atoms with Crippen molar-refractivity contribution in [3.8, 4) is 0 Å². The summed E-state index contributed by atoms with van der Waals surface area (Å²) in [6.07, 6.45) is -0.467. The number of hydrogen-bond acceptors (Lipinski definition) is 2. The molecule has 0 aliphatic carbocycles. The Morgan fingerprint density at radius 3 is 2.09 bits per heavy atom. The van der Waals surface area contributed by atoms with Gasteiger partial charge < -0.3 is 10.2 Å². The third kappa shape index (κ3) is 3.98. The third-order valence-corrected chi connectivity index (χ3v) is 1.64. The normalized spacial score (nSPS) is 16.5. The van der Waals surface area contributed by atoms with Crippen molar-refractivity contribution in [2.24, 2.45) is 11.8 Å². The summed E-state index contributed by atoms with van der Waals surface area (Å²) in [7, 11) is 0. The SMILES string of the molecule is CC(C)C[C@H](C)[C@H](O)C(=O)O. The molecule has 0 radical (unpaired) electrons. The van der Waals surface area contributed by atoms with Crippen LogP contribution in [0.2, 0.25) is 0 Å². The minimum absolute atomic E-state index is 0.160. The van der Waals surface area contributed by atoms with Gasteiger partial charge in [0.1, 0.15) is 0 Å². The van der Waals surface area contributed by atoms with E-state index in [0.717, 1.165) is 6.42 Å². The van der Waals surface area contributed by atoms with Gasteiger partial charge in [-0.2, -0.15) is 0 Å². The molecule has 0 aromatic rings. The van der Waals surface area contributed by atoms with Crippen LogP contribution in [0.15, 0.2) is 0 Å². The second-order valence-electron chi connectivity index (χ2n) is 3.39. The van der Waals surface area contributed by atoms with Crippen LogP contribution in [-0.2, 0) is 4.79 Å². The number of hydrogen-bond donors (Lipinski definition) is 2. The standard InChI is InChI=1S/C8H16O3/c1-5(2)4-6(3)7(9)8(10)11/h5-7,9H,4H2,1-3H3,(H,10,11)/t6-,7-/m0/s1. The van der Waals surface area contributed by atoms with Crippen molar-refractivity contribution >= 4 is 5.97 Å². The summed E-state index contributed by atoms with van der Waals surface area (Å²) in [5.74, 6) is -0.857. The Balaban J connectivity index is 3.82. The lowest BCUT2D eigenvalue weighted by Crippen LogP contribution is -2.28. The van der Waals surface area contributed by atoms with Gasteiger partial charge in [-0.1, -0.05) is 20.8 Å². The van der Waals surface area contributed by atoms with Crippen LogP contribution in [0.25, 0.3) is 0 Å². The number of carboxylic acids is 1. The van der Waals surface area contributed by atoms with Crippen LogP contribution < -0.4 is 0 Å². The Kier molecular flexibility index (Phi) is 4.11. The first-order valence-electron chi connectivity index (χ1n) is 3.86. The quantitative estimate of drug-likeness (QED) is 0.647. The van der Waals surface area contributed by atoms with Gasteiger partial charge in [0, 0.05) is 0 Å². The molecule has 0 aliphatic heterocycles. The predicted molar refractivity (Wildman–Crippen MR) is 42.3 cm³/mol. The maximum Gasteiger partial charge on any atom is 0.332 e. The average Bonchev–Trinajstić information content (AvgIpc) is 1.84. The molecule has 0 spiro atoms. The molecule has 0 fully saturated rings. The van der Waals surface area contributed by atoms with Crippen molar-refractivity contribution in [1.29, 1.82) is 0 Å². The first-order valence-corrected chi connectivity index (χ1v) is 3.86. The van der Waals surface area contributed by atoms with Crippen molar-refractivity contribution in [2.45, 2.75) is 33.3 Å². The lowest BCUT2D eigenvalue weighted by Gasteiger charge is -2.16. The van der Waals surface area contributed by atoms with Crippen molar-refractivity contribution in [3.63, 3.8) is 0 Å². The van der Waals surface area contributed by atoms with E-state index in [0.29, 0.717) is 5.92 Å². The highest BCUT2D eigenvalue weighted by Crippen LogP contribution is 2.14. The maximum atomic E-state index is 10.3. The van der Waals surface area contributed by atoms with E-state index in [1.54, 1.807) is 6.92 Å². The van der Waals surface area contributed by atoms with Crippen LogP contribution in [0.1, 0.15) is 27.2 Å².